The Morgan fingerprint density at radius 2 is 1.49 bits per heavy atom. The molecule has 1 aliphatic carbocycles. The summed E-state index contributed by atoms with van der Waals surface area (Å²) < 4.78 is 29.0. The van der Waals surface area contributed by atoms with Gasteiger partial charge in [0.05, 0.1) is 4.90 Å². The summed E-state index contributed by atoms with van der Waals surface area (Å²) in [5.74, 6) is 0.283. The average Bonchev–Trinajstić information content (AvgIpc) is 3.64. The number of nitrogens with zero attached hydrogens (tertiary/aromatic N) is 2. The monoisotopic (exact) mass is 764 g/mol. The van der Waals surface area contributed by atoms with E-state index in [1.165, 1.54) is 28.9 Å². The van der Waals surface area contributed by atoms with Gasteiger partial charge in [0.1, 0.15) is 0 Å². The summed E-state index contributed by atoms with van der Waals surface area (Å²) >= 11 is 7.97. The van der Waals surface area contributed by atoms with Gasteiger partial charge in [-0.1, -0.05) is 79.0 Å². The standard InChI is InChI=1S/C43H45ClN4O3S2/c1-32-29-39(21-22-41(32)45-43(23-7-8-24-43)31-52-38-10-3-2-4-11-38)53(50,51)46-42(49)34-15-19-37(20-16-34)48-27-25-47(26-28-48)30-35-9-5-6-12-40(35)33-13-17-36(44)18-14-33/h2-6,9-22,29,45H,7-8,23-28,30-31H2,1H3,(H,46,49). The number of anilines is 2. The molecule has 2 aliphatic rings. The van der Waals surface area contributed by atoms with Crippen LogP contribution in [0.4, 0.5) is 11.4 Å². The maximum Gasteiger partial charge on any atom is 0.264 e. The van der Waals surface area contributed by atoms with E-state index >= 15 is 0 Å². The molecule has 2 fully saturated rings. The van der Waals surface area contributed by atoms with Crippen molar-refractivity contribution in [2.24, 2.45) is 0 Å². The number of thioether (sulfide) groups is 1. The van der Waals surface area contributed by atoms with Gasteiger partial charge >= 0.3 is 0 Å². The Balaban J connectivity index is 0.934. The van der Waals surface area contributed by atoms with Crippen LogP contribution in [-0.4, -0.2) is 56.7 Å². The SMILES string of the molecule is Cc1cc(S(=O)(=O)NC(=O)c2ccc(N3CCN(Cc4ccccc4-c4ccc(Cl)cc4)CC3)cc2)ccc1NC1(CSc2ccccc2)CCCC1. The summed E-state index contributed by atoms with van der Waals surface area (Å²) in [5.41, 5.74) is 6.65. The van der Waals surface area contributed by atoms with Crippen LogP contribution >= 0.6 is 23.4 Å². The van der Waals surface area contributed by atoms with E-state index in [1.807, 2.05) is 55.1 Å². The second-order valence-corrected chi connectivity index (χ2v) is 17.3. The lowest BCUT2D eigenvalue weighted by molar-refractivity contribution is 0.0981. The Labute approximate surface area is 322 Å². The Morgan fingerprint density at radius 1 is 0.811 bits per heavy atom. The van der Waals surface area contributed by atoms with Crippen molar-refractivity contribution < 1.29 is 13.2 Å². The Kier molecular flexibility index (Phi) is 11.5. The lowest BCUT2D eigenvalue weighted by Gasteiger charge is -2.36. The number of rotatable bonds is 12. The molecule has 1 saturated carbocycles. The molecule has 0 spiro atoms. The highest BCUT2D eigenvalue weighted by molar-refractivity contribution is 7.99. The number of benzene rings is 5. The van der Waals surface area contributed by atoms with Crippen molar-refractivity contribution in [1.29, 1.82) is 0 Å². The first kappa shape index (κ1) is 37.1. The largest absolute Gasteiger partial charge is 0.379 e. The number of sulfonamides is 1. The zero-order valence-corrected chi connectivity index (χ0v) is 32.3. The van der Waals surface area contributed by atoms with Crippen molar-refractivity contribution in [3.8, 4) is 11.1 Å². The van der Waals surface area contributed by atoms with Gasteiger partial charge in [-0.2, -0.15) is 0 Å². The van der Waals surface area contributed by atoms with Gasteiger partial charge < -0.3 is 10.2 Å². The molecule has 5 aromatic carbocycles. The van der Waals surface area contributed by atoms with Crippen molar-refractivity contribution >= 4 is 50.7 Å². The van der Waals surface area contributed by atoms with Crippen LogP contribution in [0.3, 0.4) is 0 Å². The Hall–Kier alpha value is -4.28. The summed E-state index contributed by atoms with van der Waals surface area (Å²) in [5, 5.41) is 4.51. The van der Waals surface area contributed by atoms with Crippen molar-refractivity contribution in [2.75, 3.05) is 42.1 Å². The number of piperazine rings is 1. The highest BCUT2D eigenvalue weighted by atomic mass is 35.5. The number of halogens is 1. The summed E-state index contributed by atoms with van der Waals surface area (Å²) in [7, 11) is -4.07. The average molecular weight is 765 g/mol. The highest BCUT2D eigenvalue weighted by Crippen LogP contribution is 2.38. The van der Waals surface area contributed by atoms with Crippen LogP contribution in [0.1, 0.15) is 47.2 Å². The minimum atomic E-state index is -4.07. The number of amides is 1. The van der Waals surface area contributed by atoms with E-state index in [9.17, 15) is 13.2 Å². The van der Waals surface area contributed by atoms with Gasteiger partial charge in [-0.25, -0.2) is 13.1 Å². The maximum atomic E-state index is 13.4. The van der Waals surface area contributed by atoms with Gasteiger partial charge in [0.25, 0.3) is 15.9 Å². The van der Waals surface area contributed by atoms with E-state index < -0.39 is 15.9 Å². The van der Waals surface area contributed by atoms with Gasteiger partial charge in [-0.05, 0) is 109 Å². The molecule has 1 amide bonds. The Morgan fingerprint density at radius 3 is 2.19 bits per heavy atom. The third-order valence-electron chi connectivity index (χ3n) is 10.4. The van der Waals surface area contributed by atoms with E-state index in [1.54, 1.807) is 24.3 Å². The summed E-state index contributed by atoms with van der Waals surface area (Å²) in [6, 6.07) is 39.1. The predicted molar refractivity (Wildman–Crippen MR) is 219 cm³/mol. The first-order valence-corrected chi connectivity index (χ1v) is 21.1. The number of carbonyl (C=O) groups excluding carboxylic acids is 1. The smallest absolute Gasteiger partial charge is 0.264 e. The molecule has 0 unspecified atom stereocenters. The summed E-state index contributed by atoms with van der Waals surface area (Å²) in [6.45, 7) is 6.26. The van der Waals surface area contributed by atoms with Gasteiger partial charge in [0, 0.05) is 70.9 Å². The van der Waals surface area contributed by atoms with Crippen LogP contribution in [-0.2, 0) is 16.6 Å². The Bertz CT molecular complexity index is 2130. The molecule has 10 heteroatoms. The summed E-state index contributed by atoms with van der Waals surface area (Å²) in [4.78, 5) is 19.2. The molecule has 53 heavy (non-hydrogen) atoms. The molecular weight excluding hydrogens is 720 g/mol. The molecule has 274 valence electrons. The van der Waals surface area contributed by atoms with Crippen molar-refractivity contribution in [2.45, 2.75) is 54.5 Å². The molecule has 7 rings (SSSR count). The molecular formula is C43H45ClN4O3S2. The van der Waals surface area contributed by atoms with E-state index in [0.717, 1.165) is 78.8 Å². The zero-order valence-electron chi connectivity index (χ0n) is 29.9. The topological polar surface area (TPSA) is 81.8 Å². The zero-order chi connectivity index (χ0) is 36.8. The normalized spacial score (nSPS) is 16.0. The number of aryl methyl sites for hydroxylation is 1. The van der Waals surface area contributed by atoms with Gasteiger partial charge in [0.15, 0.2) is 0 Å². The first-order chi connectivity index (χ1) is 25.7. The second-order valence-electron chi connectivity index (χ2n) is 14.1. The second kappa shape index (κ2) is 16.4. The quantitative estimate of drug-likeness (QED) is 0.123. The molecule has 0 radical (unpaired) electrons. The van der Waals surface area contributed by atoms with Crippen LogP contribution in [0.25, 0.3) is 11.1 Å². The summed E-state index contributed by atoms with van der Waals surface area (Å²) in [6.07, 6.45) is 4.47. The minimum Gasteiger partial charge on any atom is -0.379 e. The molecule has 0 bridgehead atoms. The number of hydrogen-bond donors (Lipinski definition) is 2. The molecule has 7 nitrogen and oxygen atoms in total. The molecule has 1 saturated heterocycles. The van der Waals surface area contributed by atoms with E-state index in [4.69, 9.17) is 11.6 Å². The molecule has 1 aliphatic heterocycles. The molecule has 0 aromatic heterocycles. The fourth-order valence-corrected chi connectivity index (χ4v) is 9.70. The van der Waals surface area contributed by atoms with Crippen LogP contribution in [0.5, 0.6) is 0 Å². The third-order valence-corrected chi connectivity index (χ3v) is 13.3. The van der Waals surface area contributed by atoms with Crippen LogP contribution in [0.2, 0.25) is 5.02 Å². The molecule has 5 aromatic rings. The fraction of sp³-hybridized carbons (Fsp3) is 0.279. The predicted octanol–water partition coefficient (Wildman–Crippen LogP) is 9.27. The van der Waals surface area contributed by atoms with Gasteiger partial charge in [-0.3, -0.25) is 9.69 Å². The van der Waals surface area contributed by atoms with Gasteiger partial charge in [-0.15, -0.1) is 11.8 Å². The van der Waals surface area contributed by atoms with Crippen LogP contribution in [0, 0.1) is 6.92 Å². The van der Waals surface area contributed by atoms with Gasteiger partial charge in [0.2, 0.25) is 0 Å². The van der Waals surface area contributed by atoms with Crippen LogP contribution < -0.4 is 14.9 Å². The number of carbonyl (C=O) groups is 1. The third kappa shape index (κ3) is 9.10. The van der Waals surface area contributed by atoms with E-state index in [2.05, 4.69) is 80.5 Å². The van der Waals surface area contributed by atoms with Crippen molar-refractivity contribution in [1.82, 2.24) is 9.62 Å². The molecule has 2 N–H and O–H groups in total. The van der Waals surface area contributed by atoms with E-state index in [0.29, 0.717) is 5.56 Å². The van der Waals surface area contributed by atoms with E-state index in [-0.39, 0.29) is 10.4 Å². The molecule has 1 heterocycles. The molecule has 0 atom stereocenters. The lowest BCUT2D eigenvalue weighted by Crippen LogP contribution is -2.46. The number of hydrogen-bond acceptors (Lipinski definition) is 7. The van der Waals surface area contributed by atoms with Crippen molar-refractivity contribution in [3.05, 3.63) is 143 Å². The number of nitrogens with one attached hydrogen (secondary N) is 2. The van der Waals surface area contributed by atoms with Crippen LogP contribution in [0.15, 0.2) is 131 Å². The first-order valence-electron chi connectivity index (χ1n) is 18.2. The fourth-order valence-electron chi connectivity index (χ4n) is 7.36. The minimum absolute atomic E-state index is 0.0512. The maximum absolute atomic E-state index is 13.4. The van der Waals surface area contributed by atoms with Crippen molar-refractivity contribution in [3.63, 3.8) is 0 Å². The highest BCUT2D eigenvalue weighted by Gasteiger charge is 2.34. The lowest BCUT2D eigenvalue weighted by atomic mass is 9.99.